The minimum Gasteiger partial charge on any atom is -0.460 e. The molecule has 0 amide bonds. The maximum Gasteiger partial charge on any atom is 0.374 e. The van der Waals surface area contributed by atoms with Gasteiger partial charge in [0.15, 0.2) is 0 Å². The van der Waals surface area contributed by atoms with Crippen LogP contribution in [0.4, 0.5) is 0 Å². The van der Waals surface area contributed by atoms with E-state index in [1.807, 2.05) is 31.2 Å². The zero-order valence-electron chi connectivity index (χ0n) is 9.90. The van der Waals surface area contributed by atoms with Crippen molar-refractivity contribution in [2.24, 2.45) is 0 Å². The average Bonchev–Trinajstić information content (AvgIpc) is 2.29. The average molecular weight is 299 g/mol. The summed E-state index contributed by atoms with van der Waals surface area (Å²) in [6.07, 6.45) is 0.168. The van der Waals surface area contributed by atoms with Gasteiger partial charge in [-0.05, 0) is 24.5 Å². The molecule has 0 fully saturated rings. The number of ether oxygens (including phenoxy) is 1. The molecule has 1 unspecified atom stereocenters. The Morgan fingerprint density at radius 3 is 2.59 bits per heavy atom. The number of Topliss-reactive ketones (excluding diaryl/α,β-unsaturated/α-hetero) is 1. The third kappa shape index (κ3) is 3.97. The van der Waals surface area contributed by atoms with Crippen LogP contribution in [-0.4, -0.2) is 18.4 Å². The van der Waals surface area contributed by atoms with Crippen LogP contribution in [0.1, 0.15) is 31.7 Å². The van der Waals surface area contributed by atoms with E-state index in [0.29, 0.717) is 0 Å². The summed E-state index contributed by atoms with van der Waals surface area (Å²) in [5.74, 6) is -1.23. The van der Waals surface area contributed by atoms with E-state index in [1.165, 1.54) is 0 Å². The Morgan fingerprint density at radius 1 is 1.35 bits per heavy atom. The molecule has 1 aromatic rings. The van der Waals surface area contributed by atoms with Crippen molar-refractivity contribution in [3.8, 4) is 0 Å². The molecule has 4 heteroatoms. The quantitative estimate of drug-likeness (QED) is 0.620. The van der Waals surface area contributed by atoms with Gasteiger partial charge in [0.2, 0.25) is 5.78 Å². The molecular weight excluding hydrogens is 284 g/mol. The van der Waals surface area contributed by atoms with Crippen LogP contribution in [0.25, 0.3) is 0 Å². The molecule has 0 aliphatic heterocycles. The first-order valence-corrected chi connectivity index (χ1v) is 6.30. The maximum absolute atomic E-state index is 11.5. The summed E-state index contributed by atoms with van der Waals surface area (Å²) in [4.78, 5) is 22.7. The van der Waals surface area contributed by atoms with Gasteiger partial charge in [0.25, 0.3) is 0 Å². The van der Waals surface area contributed by atoms with Crippen molar-refractivity contribution in [1.82, 2.24) is 0 Å². The lowest BCUT2D eigenvalue weighted by Crippen LogP contribution is -2.19. The molecule has 1 atom stereocenters. The molecule has 92 valence electrons. The number of hydrogen-bond acceptors (Lipinski definition) is 3. The van der Waals surface area contributed by atoms with E-state index in [0.717, 1.165) is 10.0 Å². The summed E-state index contributed by atoms with van der Waals surface area (Å²) in [5.41, 5.74) is 1.02. The lowest BCUT2D eigenvalue weighted by molar-refractivity contribution is -0.153. The van der Waals surface area contributed by atoms with Gasteiger partial charge >= 0.3 is 5.97 Å². The summed E-state index contributed by atoms with van der Waals surface area (Å²) in [7, 11) is 0. The lowest BCUT2D eigenvalue weighted by Gasteiger charge is -2.12. The number of carbonyl (C=O) groups excluding carboxylic acids is 2. The molecule has 0 saturated carbocycles. The monoisotopic (exact) mass is 298 g/mol. The van der Waals surface area contributed by atoms with Crippen LogP contribution in [0.5, 0.6) is 0 Å². The molecule has 3 nitrogen and oxygen atoms in total. The van der Waals surface area contributed by atoms with Crippen molar-refractivity contribution in [3.63, 3.8) is 0 Å². The first-order valence-electron chi connectivity index (χ1n) is 5.50. The van der Waals surface area contributed by atoms with Gasteiger partial charge in [-0.25, -0.2) is 4.79 Å². The highest BCUT2D eigenvalue weighted by molar-refractivity contribution is 9.10. The number of esters is 1. The molecule has 0 aliphatic rings. The van der Waals surface area contributed by atoms with E-state index >= 15 is 0 Å². The van der Waals surface area contributed by atoms with Gasteiger partial charge in [-0.3, -0.25) is 4.79 Å². The number of benzene rings is 1. The highest BCUT2D eigenvalue weighted by atomic mass is 79.9. The largest absolute Gasteiger partial charge is 0.460 e. The van der Waals surface area contributed by atoms with Crippen molar-refractivity contribution in [2.75, 3.05) is 6.61 Å². The van der Waals surface area contributed by atoms with Crippen LogP contribution in [0, 0.1) is 0 Å². The number of ketones is 1. The third-order valence-electron chi connectivity index (χ3n) is 2.43. The highest BCUT2D eigenvalue weighted by Gasteiger charge is 2.20. The maximum atomic E-state index is 11.5. The second kappa shape index (κ2) is 6.55. The molecular formula is C13H15BrO3. The molecule has 1 rings (SSSR count). The SMILES string of the molecule is CCOC(=O)C(=O)CC(C)c1ccccc1Br. The first kappa shape index (κ1) is 13.9. The van der Waals surface area contributed by atoms with Gasteiger partial charge in [-0.15, -0.1) is 0 Å². The van der Waals surface area contributed by atoms with Gasteiger partial charge in [0.05, 0.1) is 6.61 Å². The lowest BCUT2D eigenvalue weighted by atomic mass is 9.96. The molecule has 0 spiro atoms. The van der Waals surface area contributed by atoms with Crippen molar-refractivity contribution >= 4 is 27.7 Å². The van der Waals surface area contributed by atoms with Crippen molar-refractivity contribution in [1.29, 1.82) is 0 Å². The number of rotatable bonds is 5. The molecule has 0 radical (unpaired) electrons. The number of carbonyl (C=O) groups is 2. The smallest absolute Gasteiger partial charge is 0.374 e. The van der Waals surface area contributed by atoms with E-state index in [9.17, 15) is 9.59 Å². The molecule has 17 heavy (non-hydrogen) atoms. The van der Waals surface area contributed by atoms with Gasteiger partial charge in [0, 0.05) is 10.9 Å². The Kier molecular flexibility index (Phi) is 5.35. The second-order valence-electron chi connectivity index (χ2n) is 3.77. The second-order valence-corrected chi connectivity index (χ2v) is 4.62. The van der Waals surface area contributed by atoms with Crippen LogP contribution in [0.2, 0.25) is 0 Å². The van der Waals surface area contributed by atoms with Crippen LogP contribution in [0.3, 0.4) is 0 Å². The van der Waals surface area contributed by atoms with Crippen LogP contribution >= 0.6 is 15.9 Å². The first-order chi connectivity index (χ1) is 8.06. The normalized spacial score (nSPS) is 11.9. The highest BCUT2D eigenvalue weighted by Crippen LogP contribution is 2.27. The van der Waals surface area contributed by atoms with E-state index in [1.54, 1.807) is 6.92 Å². The molecule has 0 saturated heterocycles. The number of halogens is 1. The fourth-order valence-corrected chi connectivity index (χ4v) is 2.23. The summed E-state index contributed by atoms with van der Waals surface area (Å²) in [5, 5.41) is 0. The molecule has 0 N–H and O–H groups in total. The Labute approximate surface area is 109 Å². The third-order valence-corrected chi connectivity index (χ3v) is 3.15. The Hall–Kier alpha value is -1.16. The summed E-state index contributed by atoms with van der Waals surface area (Å²) in [6, 6.07) is 7.67. The Bertz CT molecular complexity index is 415. The van der Waals surface area contributed by atoms with Crippen molar-refractivity contribution in [2.45, 2.75) is 26.2 Å². The van der Waals surface area contributed by atoms with Crippen molar-refractivity contribution < 1.29 is 14.3 Å². The number of hydrogen-bond donors (Lipinski definition) is 0. The summed E-state index contributed by atoms with van der Waals surface area (Å²) >= 11 is 3.43. The summed E-state index contributed by atoms with van der Waals surface area (Å²) < 4.78 is 5.62. The van der Waals surface area contributed by atoms with Gasteiger partial charge in [-0.2, -0.15) is 0 Å². The van der Waals surface area contributed by atoms with Gasteiger partial charge < -0.3 is 4.74 Å². The topological polar surface area (TPSA) is 43.4 Å². The minimum atomic E-state index is -0.744. The molecule has 0 bridgehead atoms. The molecule has 0 aromatic heterocycles. The Morgan fingerprint density at radius 2 is 2.00 bits per heavy atom. The Balaban J connectivity index is 2.67. The zero-order chi connectivity index (χ0) is 12.8. The van der Waals surface area contributed by atoms with Crippen LogP contribution < -0.4 is 0 Å². The van der Waals surface area contributed by atoms with Gasteiger partial charge in [0.1, 0.15) is 0 Å². The fraction of sp³-hybridized carbons (Fsp3) is 0.385. The molecule has 1 aromatic carbocycles. The van der Waals surface area contributed by atoms with E-state index < -0.39 is 11.8 Å². The van der Waals surface area contributed by atoms with Crippen LogP contribution in [0.15, 0.2) is 28.7 Å². The minimum absolute atomic E-state index is 0.0116. The molecule has 0 heterocycles. The predicted molar refractivity (Wildman–Crippen MR) is 68.8 cm³/mol. The van der Waals surface area contributed by atoms with Gasteiger partial charge in [-0.1, -0.05) is 41.1 Å². The van der Waals surface area contributed by atoms with Crippen molar-refractivity contribution in [3.05, 3.63) is 34.3 Å². The molecule has 0 aliphatic carbocycles. The van der Waals surface area contributed by atoms with E-state index in [2.05, 4.69) is 20.7 Å². The predicted octanol–water partition coefficient (Wildman–Crippen LogP) is 3.07. The van der Waals surface area contributed by atoms with E-state index in [4.69, 9.17) is 0 Å². The summed E-state index contributed by atoms with van der Waals surface area (Å²) in [6.45, 7) is 3.83. The standard InChI is InChI=1S/C13H15BrO3/c1-3-17-13(16)12(15)8-9(2)10-6-4-5-7-11(10)14/h4-7,9H,3,8H2,1-2H3. The van der Waals surface area contributed by atoms with Crippen LogP contribution in [-0.2, 0) is 14.3 Å². The van der Waals surface area contributed by atoms with E-state index in [-0.39, 0.29) is 18.9 Å². The fourth-order valence-electron chi connectivity index (χ4n) is 1.56. The zero-order valence-corrected chi connectivity index (χ0v) is 11.5.